The Labute approximate surface area is 121 Å². The highest BCUT2D eigenvalue weighted by atomic mass is 32.1. The molecule has 20 heavy (non-hydrogen) atoms. The summed E-state index contributed by atoms with van der Waals surface area (Å²) in [5.41, 5.74) is 4.50. The summed E-state index contributed by atoms with van der Waals surface area (Å²) in [5.74, 6) is 0.823. The fourth-order valence-corrected chi connectivity index (χ4v) is 2.43. The van der Waals surface area contributed by atoms with Crippen molar-refractivity contribution in [2.24, 2.45) is 5.10 Å². The first-order chi connectivity index (χ1) is 9.60. The summed E-state index contributed by atoms with van der Waals surface area (Å²) >= 11 is 1.30. The Balaban J connectivity index is 2.02. The smallest absolute Gasteiger partial charge is 0.204 e. The molecule has 5 nitrogen and oxygen atoms in total. The normalized spacial score (nSPS) is 10.8. The number of anilines is 1. The maximum Gasteiger partial charge on any atom is 0.204 e. The fourth-order valence-electron chi connectivity index (χ4n) is 1.62. The highest BCUT2D eigenvalue weighted by Gasteiger charge is 2.10. The van der Waals surface area contributed by atoms with Crippen LogP contribution >= 0.6 is 11.3 Å². The molecule has 0 amide bonds. The first-order valence-corrected chi connectivity index (χ1v) is 6.83. The van der Waals surface area contributed by atoms with Crippen LogP contribution < -0.4 is 10.2 Å². The lowest BCUT2D eigenvalue weighted by atomic mass is 10.2. The van der Waals surface area contributed by atoms with Crippen LogP contribution in [0.1, 0.15) is 27.9 Å². The molecule has 1 aromatic carbocycles. The topological polar surface area (TPSA) is 63.6 Å². The van der Waals surface area contributed by atoms with Crippen LogP contribution in [0.2, 0.25) is 0 Å². The van der Waals surface area contributed by atoms with Crippen LogP contribution in [-0.2, 0) is 0 Å². The molecular weight excluding hydrogens is 274 g/mol. The summed E-state index contributed by atoms with van der Waals surface area (Å²) in [6.45, 7) is 3.34. The number of rotatable bonds is 5. The number of thiazole rings is 1. The summed E-state index contributed by atoms with van der Waals surface area (Å²) in [5, 5.41) is 4.71. The molecule has 0 unspecified atom stereocenters. The number of aryl methyl sites for hydroxylation is 1. The quantitative estimate of drug-likeness (QED) is 0.522. The van der Waals surface area contributed by atoms with Gasteiger partial charge in [0.25, 0.3) is 0 Å². The number of aromatic nitrogens is 1. The number of nitrogens with zero attached hydrogens (tertiary/aromatic N) is 2. The summed E-state index contributed by atoms with van der Waals surface area (Å²) in [4.78, 5) is 16.2. The lowest BCUT2D eigenvalue weighted by molar-refractivity contribution is 0.102. The van der Waals surface area contributed by atoms with Gasteiger partial charge in [0.05, 0.1) is 23.9 Å². The largest absolute Gasteiger partial charge is 0.497 e. The molecule has 2 aromatic rings. The van der Waals surface area contributed by atoms with Gasteiger partial charge in [0, 0.05) is 6.92 Å². The first-order valence-electron chi connectivity index (χ1n) is 6.01. The molecule has 0 saturated carbocycles. The van der Waals surface area contributed by atoms with Crippen LogP contribution in [0.25, 0.3) is 0 Å². The van der Waals surface area contributed by atoms with Gasteiger partial charge < -0.3 is 4.74 Å². The average molecular weight is 289 g/mol. The van der Waals surface area contributed by atoms with Gasteiger partial charge in [-0.25, -0.2) is 4.98 Å². The van der Waals surface area contributed by atoms with Gasteiger partial charge in [-0.15, -0.1) is 0 Å². The van der Waals surface area contributed by atoms with Crippen molar-refractivity contribution in [2.45, 2.75) is 13.8 Å². The van der Waals surface area contributed by atoms with Crippen LogP contribution in [-0.4, -0.2) is 24.1 Å². The second-order valence-corrected chi connectivity index (χ2v) is 5.13. The molecule has 1 N–H and O–H groups in total. The van der Waals surface area contributed by atoms with Crippen molar-refractivity contribution in [3.05, 3.63) is 40.4 Å². The predicted molar refractivity (Wildman–Crippen MR) is 81.1 cm³/mol. The minimum Gasteiger partial charge on any atom is -0.497 e. The highest BCUT2D eigenvalue weighted by Crippen LogP contribution is 2.22. The molecule has 0 fully saturated rings. The van der Waals surface area contributed by atoms with Crippen molar-refractivity contribution in [1.29, 1.82) is 0 Å². The van der Waals surface area contributed by atoms with E-state index in [0.29, 0.717) is 10.0 Å². The Morgan fingerprint density at radius 2 is 2.10 bits per heavy atom. The van der Waals surface area contributed by atoms with E-state index in [-0.39, 0.29) is 5.78 Å². The van der Waals surface area contributed by atoms with Gasteiger partial charge in [-0.2, -0.15) is 5.10 Å². The van der Waals surface area contributed by atoms with Crippen molar-refractivity contribution in [2.75, 3.05) is 12.5 Å². The molecule has 2 rings (SSSR count). The minimum absolute atomic E-state index is 0.0205. The Morgan fingerprint density at radius 3 is 2.65 bits per heavy atom. The number of hydrogen-bond donors (Lipinski definition) is 1. The molecular formula is C14H15N3O2S. The molecule has 1 heterocycles. The summed E-state index contributed by atoms with van der Waals surface area (Å²) in [6.07, 6.45) is 1.68. The molecule has 0 aliphatic carbocycles. The van der Waals surface area contributed by atoms with Crippen molar-refractivity contribution in [1.82, 2.24) is 4.98 Å². The number of Topliss-reactive ketones (excluding diaryl/α,β-unsaturated/α-hetero) is 1. The Kier molecular flexibility index (Phi) is 4.47. The van der Waals surface area contributed by atoms with Crippen LogP contribution in [0.4, 0.5) is 5.13 Å². The number of hydrogen-bond acceptors (Lipinski definition) is 6. The minimum atomic E-state index is 0.0205. The van der Waals surface area contributed by atoms with Gasteiger partial charge in [0.2, 0.25) is 5.13 Å². The fraction of sp³-hybridized carbons (Fsp3) is 0.214. The SMILES string of the molecule is COc1ccc(/C=N\Nc2nc(C)c(C(C)=O)s2)cc1. The van der Waals surface area contributed by atoms with Crippen LogP contribution in [0.5, 0.6) is 5.75 Å². The molecule has 0 bridgehead atoms. The molecule has 0 aliphatic rings. The van der Waals surface area contributed by atoms with Crippen LogP contribution in [0.3, 0.4) is 0 Å². The Hall–Kier alpha value is -2.21. The molecule has 0 spiro atoms. The second-order valence-electron chi connectivity index (χ2n) is 4.13. The van der Waals surface area contributed by atoms with E-state index in [4.69, 9.17) is 4.74 Å². The molecule has 1 aromatic heterocycles. The highest BCUT2D eigenvalue weighted by molar-refractivity contribution is 7.17. The van der Waals surface area contributed by atoms with E-state index in [0.717, 1.165) is 17.0 Å². The zero-order chi connectivity index (χ0) is 14.5. The van der Waals surface area contributed by atoms with Crippen molar-refractivity contribution in [3.8, 4) is 5.75 Å². The van der Waals surface area contributed by atoms with Crippen molar-refractivity contribution in [3.63, 3.8) is 0 Å². The van der Waals surface area contributed by atoms with E-state index in [1.807, 2.05) is 31.2 Å². The number of hydrazone groups is 1. The van der Waals surface area contributed by atoms with Gasteiger partial charge in [0.1, 0.15) is 5.75 Å². The molecule has 104 valence electrons. The van der Waals surface area contributed by atoms with E-state index >= 15 is 0 Å². The van der Waals surface area contributed by atoms with Gasteiger partial charge in [-0.05, 0) is 36.8 Å². The van der Waals surface area contributed by atoms with Crippen molar-refractivity contribution >= 4 is 28.5 Å². The van der Waals surface area contributed by atoms with Crippen molar-refractivity contribution < 1.29 is 9.53 Å². The monoisotopic (exact) mass is 289 g/mol. The van der Waals surface area contributed by atoms with Gasteiger partial charge >= 0.3 is 0 Å². The zero-order valence-corrected chi connectivity index (χ0v) is 12.3. The summed E-state index contributed by atoms with van der Waals surface area (Å²) in [7, 11) is 1.63. The maximum absolute atomic E-state index is 11.3. The number of carbonyl (C=O) groups excluding carboxylic acids is 1. The van der Waals surface area contributed by atoms with E-state index in [1.165, 1.54) is 18.3 Å². The van der Waals surface area contributed by atoms with Crippen LogP contribution in [0, 0.1) is 6.92 Å². The van der Waals surface area contributed by atoms with Gasteiger partial charge in [0.15, 0.2) is 5.78 Å². The van der Waals surface area contributed by atoms with Gasteiger partial charge in [-0.1, -0.05) is 11.3 Å². The standard InChI is InChI=1S/C14H15N3O2S/c1-9-13(10(2)18)20-14(16-9)17-15-8-11-4-6-12(19-3)7-5-11/h4-8H,1-3H3,(H,16,17)/b15-8-. The second kappa shape index (κ2) is 6.29. The third kappa shape index (κ3) is 3.42. The Morgan fingerprint density at radius 1 is 1.40 bits per heavy atom. The number of methoxy groups -OCH3 is 1. The Bertz CT molecular complexity index is 632. The molecule has 6 heteroatoms. The number of nitrogens with one attached hydrogen (secondary N) is 1. The predicted octanol–water partition coefficient (Wildman–Crippen LogP) is 3.11. The average Bonchev–Trinajstić information content (AvgIpc) is 2.81. The van der Waals surface area contributed by atoms with Gasteiger partial charge in [-0.3, -0.25) is 10.2 Å². The zero-order valence-electron chi connectivity index (χ0n) is 11.5. The first kappa shape index (κ1) is 14.2. The van der Waals surface area contributed by atoms with E-state index < -0.39 is 0 Å². The van der Waals surface area contributed by atoms with E-state index in [9.17, 15) is 4.79 Å². The molecule has 0 aliphatic heterocycles. The summed E-state index contributed by atoms with van der Waals surface area (Å²) in [6, 6.07) is 7.53. The van der Waals surface area contributed by atoms with E-state index in [1.54, 1.807) is 13.3 Å². The molecule has 0 radical (unpaired) electrons. The third-order valence-corrected chi connectivity index (χ3v) is 3.77. The molecule has 0 atom stereocenters. The number of benzene rings is 1. The summed E-state index contributed by atoms with van der Waals surface area (Å²) < 4.78 is 5.08. The maximum atomic E-state index is 11.3. The lowest BCUT2D eigenvalue weighted by Crippen LogP contribution is -1.90. The molecule has 0 saturated heterocycles. The lowest BCUT2D eigenvalue weighted by Gasteiger charge is -1.98. The number of carbonyl (C=O) groups is 1. The third-order valence-electron chi connectivity index (χ3n) is 2.61. The van der Waals surface area contributed by atoms with E-state index in [2.05, 4.69) is 15.5 Å². The number of ether oxygens (including phenoxy) is 1. The van der Waals surface area contributed by atoms with Crippen LogP contribution in [0.15, 0.2) is 29.4 Å². The number of ketones is 1.